The van der Waals surface area contributed by atoms with Crippen molar-refractivity contribution in [2.75, 3.05) is 0 Å². The van der Waals surface area contributed by atoms with Crippen molar-refractivity contribution < 1.29 is 0 Å². The summed E-state index contributed by atoms with van der Waals surface area (Å²) in [4.78, 5) is 2.27. The number of benzene rings is 1. The van der Waals surface area contributed by atoms with Crippen LogP contribution in [0.15, 0.2) is 34.5 Å². The van der Waals surface area contributed by atoms with Crippen LogP contribution in [0.2, 0.25) is 4.97 Å². The fourth-order valence-corrected chi connectivity index (χ4v) is 1.55. The predicted octanol–water partition coefficient (Wildman–Crippen LogP) is 2.41. The topological polar surface area (TPSA) is 0 Å². The first-order valence-corrected chi connectivity index (χ1v) is 6.85. The molecular weight excluding hydrogens is 236 g/mol. The summed E-state index contributed by atoms with van der Waals surface area (Å²) in [6, 6.07) is 10.4. The molecule has 52 valence electrons. The first-order chi connectivity index (χ1) is 4.93. The molecule has 0 saturated heterocycles. The second kappa shape index (κ2) is 4.55. The van der Waals surface area contributed by atoms with Crippen molar-refractivity contribution in [3.8, 4) is 0 Å². The Hall–Kier alpha value is -0.250. The molecule has 1 heteroatoms. The Morgan fingerprint density at radius 3 is 2.50 bits per heavy atom. The van der Waals surface area contributed by atoms with Crippen molar-refractivity contribution in [1.29, 1.82) is 0 Å². The van der Waals surface area contributed by atoms with Gasteiger partial charge in [-0.05, 0) is 0 Å². The average Bonchev–Trinajstić information content (AvgIpc) is 2.03. The van der Waals surface area contributed by atoms with Gasteiger partial charge in [0, 0.05) is 0 Å². The van der Waals surface area contributed by atoms with Crippen LogP contribution < -0.4 is 0 Å². The van der Waals surface area contributed by atoms with Crippen LogP contribution >= 0.6 is 0 Å². The van der Waals surface area contributed by atoms with E-state index in [1.807, 2.05) is 6.07 Å². The summed E-state index contributed by atoms with van der Waals surface area (Å²) in [5.74, 6) is 0. The summed E-state index contributed by atoms with van der Waals surface area (Å²) in [6.45, 7) is 0. The van der Waals surface area contributed by atoms with Gasteiger partial charge in [-0.2, -0.15) is 0 Å². The first-order valence-electron chi connectivity index (χ1n) is 3.18. The molecule has 1 aromatic carbocycles. The molecule has 0 nitrogen and oxygen atoms in total. The fourth-order valence-electron chi connectivity index (χ4n) is 0.711. The van der Waals surface area contributed by atoms with Gasteiger partial charge in [0.1, 0.15) is 0 Å². The quantitative estimate of drug-likeness (QED) is 0.702. The summed E-state index contributed by atoms with van der Waals surface area (Å²) in [7, 11) is 0. The summed E-state index contributed by atoms with van der Waals surface area (Å²) in [5, 5.41) is 0. The van der Waals surface area contributed by atoms with Gasteiger partial charge in [0.25, 0.3) is 0 Å². The first kappa shape index (κ1) is 7.85. The van der Waals surface area contributed by atoms with Crippen LogP contribution in [0.3, 0.4) is 0 Å². The van der Waals surface area contributed by atoms with E-state index in [2.05, 4.69) is 39.4 Å². The van der Waals surface area contributed by atoms with E-state index in [9.17, 15) is 0 Å². The summed E-state index contributed by atoms with van der Waals surface area (Å²) in [5.41, 5.74) is 1.31. The Morgan fingerprint density at radius 1 is 1.20 bits per heavy atom. The van der Waals surface area contributed by atoms with Gasteiger partial charge >= 0.3 is 72.0 Å². The van der Waals surface area contributed by atoms with E-state index in [1.54, 1.807) is 0 Å². The van der Waals surface area contributed by atoms with E-state index in [1.165, 1.54) is 5.56 Å². The molecule has 0 aliphatic carbocycles. The van der Waals surface area contributed by atoms with Crippen LogP contribution in [0.5, 0.6) is 0 Å². The van der Waals surface area contributed by atoms with Crippen LogP contribution in [0.25, 0.3) is 6.08 Å². The molecule has 0 amide bonds. The van der Waals surface area contributed by atoms with E-state index < -0.39 is 0 Å². The zero-order chi connectivity index (χ0) is 7.23. The van der Waals surface area contributed by atoms with Crippen molar-refractivity contribution in [3.05, 3.63) is 40.0 Å². The van der Waals surface area contributed by atoms with E-state index >= 15 is 0 Å². The molecule has 1 aromatic rings. The second-order valence-corrected chi connectivity index (χ2v) is 4.07. The van der Waals surface area contributed by atoms with Gasteiger partial charge in [0.2, 0.25) is 0 Å². The van der Waals surface area contributed by atoms with Crippen LogP contribution in [0.4, 0.5) is 0 Å². The molecule has 0 bridgehead atoms. The van der Waals surface area contributed by atoms with Crippen molar-refractivity contribution in [2.24, 2.45) is 0 Å². The van der Waals surface area contributed by atoms with E-state index in [-0.39, 0.29) is 20.9 Å². The Morgan fingerprint density at radius 2 is 1.90 bits per heavy atom. The van der Waals surface area contributed by atoms with Gasteiger partial charge in [-0.25, -0.2) is 0 Å². The minimum atomic E-state index is 0.155. The van der Waals surface area contributed by atoms with Crippen molar-refractivity contribution in [3.63, 3.8) is 0 Å². The third-order valence-corrected chi connectivity index (χ3v) is 2.36. The third kappa shape index (κ3) is 2.56. The van der Waals surface area contributed by atoms with Gasteiger partial charge in [-0.3, -0.25) is 0 Å². The summed E-state index contributed by atoms with van der Waals surface area (Å²) in [6.07, 6.45) is 2.20. The van der Waals surface area contributed by atoms with Crippen molar-refractivity contribution >= 4 is 27.0 Å². The summed E-state index contributed by atoms with van der Waals surface area (Å²) < 4.78 is 2.29. The molecule has 0 atom stereocenters. The standard InChI is InChI=1S/C9H10Te/c1-10-8-7-9-5-3-2-4-6-9/h2-8H,1H3. The van der Waals surface area contributed by atoms with Gasteiger partial charge in [-0.15, -0.1) is 0 Å². The Balaban J connectivity index is 2.67. The SMILES string of the molecule is C[Te]C=Cc1ccccc1. The van der Waals surface area contributed by atoms with Crippen LogP contribution in [-0.2, 0) is 0 Å². The fraction of sp³-hybridized carbons (Fsp3) is 0.111. The predicted molar refractivity (Wildman–Crippen MR) is 47.1 cm³/mol. The molecule has 0 fully saturated rings. The molecule has 0 radical (unpaired) electrons. The number of hydrogen-bond acceptors (Lipinski definition) is 0. The van der Waals surface area contributed by atoms with E-state index in [0.29, 0.717) is 0 Å². The molecule has 0 N–H and O–H groups in total. The molecule has 0 aromatic heterocycles. The molecule has 0 saturated carbocycles. The second-order valence-electron chi connectivity index (χ2n) is 1.95. The Kier molecular flexibility index (Phi) is 3.57. The Bertz CT molecular complexity index is 201. The molecule has 1 rings (SSSR count). The molecule has 10 heavy (non-hydrogen) atoms. The molecule has 0 spiro atoms. The maximum atomic E-state index is 2.29. The number of hydrogen-bond donors (Lipinski definition) is 0. The van der Waals surface area contributed by atoms with E-state index in [4.69, 9.17) is 0 Å². The Labute approximate surface area is 72.0 Å². The van der Waals surface area contributed by atoms with Crippen molar-refractivity contribution in [1.82, 2.24) is 0 Å². The van der Waals surface area contributed by atoms with Gasteiger partial charge < -0.3 is 0 Å². The zero-order valence-electron chi connectivity index (χ0n) is 5.95. The molecule has 0 heterocycles. The minimum absolute atomic E-state index is 0.155. The monoisotopic (exact) mass is 248 g/mol. The van der Waals surface area contributed by atoms with E-state index in [0.717, 1.165) is 0 Å². The maximum absolute atomic E-state index is 2.29. The van der Waals surface area contributed by atoms with Crippen LogP contribution in [0, 0.1) is 0 Å². The third-order valence-electron chi connectivity index (χ3n) is 1.20. The summed E-state index contributed by atoms with van der Waals surface area (Å²) >= 11 is 0.155. The molecule has 0 unspecified atom stereocenters. The molecular formula is C9H10Te. The van der Waals surface area contributed by atoms with Crippen LogP contribution in [0.1, 0.15) is 5.56 Å². The average molecular weight is 246 g/mol. The van der Waals surface area contributed by atoms with Gasteiger partial charge in [-0.1, -0.05) is 0 Å². The molecule has 0 aliphatic rings. The zero-order valence-corrected chi connectivity index (χ0v) is 8.28. The normalized spacial score (nSPS) is 10.5. The van der Waals surface area contributed by atoms with Gasteiger partial charge in [0.15, 0.2) is 0 Å². The van der Waals surface area contributed by atoms with Crippen LogP contribution in [-0.4, -0.2) is 20.9 Å². The number of rotatable bonds is 2. The van der Waals surface area contributed by atoms with Gasteiger partial charge in [0.05, 0.1) is 0 Å². The van der Waals surface area contributed by atoms with Crippen molar-refractivity contribution in [2.45, 2.75) is 4.97 Å². The molecule has 0 aliphatic heterocycles.